The highest BCUT2D eigenvalue weighted by molar-refractivity contribution is 5.61. The van der Waals surface area contributed by atoms with Crippen LogP contribution >= 0.6 is 0 Å². The fourth-order valence-electron chi connectivity index (χ4n) is 3.09. The summed E-state index contributed by atoms with van der Waals surface area (Å²) in [6.45, 7) is 2.95. The first-order valence-electron chi connectivity index (χ1n) is 10.1. The fourth-order valence-corrected chi connectivity index (χ4v) is 3.09. The quantitative estimate of drug-likeness (QED) is 0.477. The normalized spacial score (nSPS) is 11.2. The van der Waals surface area contributed by atoms with E-state index >= 15 is 0 Å². The maximum atomic E-state index is 4.38. The molecule has 0 aliphatic rings. The van der Waals surface area contributed by atoms with Crippen molar-refractivity contribution in [2.24, 2.45) is 7.05 Å². The van der Waals surface area contributed by atoms with Gasteiger partial charge >= 0.3 is 0 Å². The third kappa shape index (κ3) is 5.52. The smallest absolute Gasteiger partial charge is 0.224 e. The molecule has 0 amide bonds. The Morgan fingerprint density at radius 3 is 2.71 bits per heavy atom. The lowest BCUT2D eigenvalue weighted by atomic mass is 10.1. The number of hydrogen-bond acceptors (Lipinski definition) is 4. The maximum Gasteiger partial charge on any atom is 0.224 e. The number of benzene rings is 1. The number of aromatic nitrogens is 4. The topological polar surface area (TPSA) is 55.6 Å². The summed E-state index contributed by atoms with van der Waals surface area (Å²) in [4.78, 5) is 4.38. The molecule has 0 saturated heterocycles. The van der Waals surface area contributed by atoms with E-state index in [1.165, 1.54) is 31.2 Å². The Morgan fingerprint density at radius 1 is 1.04 bits per heavy atom. The molecule has 0 unspecified atom stereocenters. The molecule has 5 nitrogen and oxygen atoms in total. The van der Waals surface area contributed by atoms with Gasteiger partial charge in [-0.15, -0.1) is 10.2 Å². The fraction of sp³-hybridized carbons (Fsp3) is 0.348. The summed E-state index contributed by atoms with van der Waals surface area (Å²) in [5.74, 6) is 1.55. The first-order chi connectivity index (χ1) is 13.8. The van der Waals surface area contributed by atoms with Crippen molar-refractivity contribution in [3.8, 4) is 11.4 Å². The summed E-state index contributed by atoms with van der Waals surface area (Å²) in [7, 11) is 1.97. The summed E-state index contributed by atoms with van der Waals surface area (Å²) in [6.07, 6.45) is 14.4. The van der Waals surface area contributed by atoms with Gasteiger partial charge < -0.3 is 5.32 Å². The van der Waals surface area contributed by atoms with Gasteiger partial charge in [0.2, 0.25) is 5.95 Å². The molecule has 1 aromatic carbocycles. The highest BCUT2D eigenvalue weighted by Crippen LogP contribution is 2.20. The predicted molar refractivity (Wildman–Crippen MR) is 116 cm³/mol. The maximum absolute atomic E-state index is 4.38. The summed E-state index contributed by atoms with van der Waals surface area (Å²) in [5.41, 5.74) is 3.27. The van der Waals surface area contributed by atoms with E-state index in [-0.39, 0.29) is 0 Å². The van der Waals surface area contributed by atoms with Crippen molar-refractivity contribution in [1.82, 2.24) is 19.7 Å². The molecule has 3 aromatic rings. The van der Waals surface area contributed by atoms with Gasteiger partial charge in [-0.25, -0.2) is 0 Å². The molecule has 1 N–H and O–H groups in total. The van der Waals surface area contributed by atoms with Crippen molar-refractivity contribution in [2.45, 2.75) is 45.6 Å². The number of unbranched alkanes of at least 4 members (excludes halogenated alkanes) is 4. The molecular weight excluding hydrogens is 346 g/mol. The minimum absolute atomic E-state index is 0.714. The number of nitrogens with zero attached hydrogens (tertiary/aromatic N) is 4. The molecule has 146 valence electrons. The zero-order chi connectivity index (χ0) is 19.6. The summed E-state index contributed by atoms with van der Waals surface area (Å²) < 4.78 is 1.97. The number of hydrogen-bond donors (Lipinski definition) is 1. The number of allylic oxidation sites excluding steroid dienone is 1. The third-order valence-electron chi connectivity index (χ3n) is 4.72. The molecule has 5 heteroatoms. The molecule has 2 heterocycles. The number of rotatable bonds is 10. The molecule has 2 aromatic heterocycles. The van der Waals surface area contributed by atoms with Gasteiger partial charge in [0, 0.05) is 31.5 Å². The van der Waals surface area contributed by atoms with Gasteiger partial charge in [0.25, 0.3) is 0 Å². The Labute approximate surface area is 167 Å². The van der Waals surface area contributed by atoms with Crippen LogP contribution in [0.25, 0.3) is 17.5 Å². The van der Waals surface area contributed by atoms with Gasteiger partial charge in [0.1, 0.15) is 0 Å². The zero-order valence-corrected chi connectivity index (χ0v) is 16.8. The summed E-state index contributed by atoms with van der Waals surface area (Å²) in [6, 6.07) is 12.4. The lowest BCUT2D eigenvalue weighted by Gasteiger charge is -2.07. The average Bonchev–Trinajstić information content (AvgIpc) is 3.10. The Morgan fingerprint density at radius 2 is 1.89 bits per heavy atom. The van der Waals surface area contributed by atoms with Crippen LogP contribution in [0.1, 0.15) is 50.2 Å². The lowest BCUT2D eigenvalue weighted by molar-refractivity contribution is 0.675. The first-order valence-corrected chi connectivity index (χ1v) is 10.1. The van der Waals surface area contributed by atoms with Crippen molar-refractivity contribution >= 4 is 12.0 Å². The van der Waals surface area contributed by atoms with Crippen molar-refractivity contribution in [1.29, 1.82) is 0 Å². The zero-order valence-electron chi connectivity index (χ0n) is 16.8. The van der Waals surface area contributed by atoms with E-state index in [4.69, 9.17) is 0 Å². The monoisotopic (exact) mass is 375 g/mol. The first kappa shape index (κ1) is 19.8. The van der Waals surface area contributed by atoms with E-state index in [0.29, 0.717) is 6.54 Å². The molecular formula is C23H29N5. The minimum atomic E-state index is 0.714. The predicted octanol–water partition coefficient (Wildman–Crippen LogP) is 5.47. The van der Waals surface area contributed by atoms with Crippen LogP contribution < -0.4 is 5.32 Å². The van der Waals surface area contributed by atoms with Crippen molar-refractivity contribution in [3.63, 3.8) is 0 Å². The van der Waals surface area contributed by atoms with Gasteiger partial charge in [0.15, 0.2) is 5.82 Å². The standard InChI is InChI=1S/C23H29N5/c1-3-4-5-6-7-9-14-20-15-21(18-24-16-20)22-26-27-23(28(22)2)25-17-19-12-10-8-11-13-19/h8-16,18H,3-7,17H2,1-2H3,(H,25,27). The van der Waals surface area contributed by atoms with Crippen molar-refractivity contribution in [3.05, 3.63) is 66.0 Å². The number of anilines is 1. The molecule has 0 atom stereocenters. The Bertz CT molecular complexity index is 883. The van der Waals surface area contributed by atoms with Gasteiger partial charge in [-0.2, -0.15) is 0 Å². The molecule has 0 spiro atoms. The molecule has 0 aliphatic heterocycles. The van der Waals surface area contributed by atoms with Crippen molar-refractivity contribution < 1.29 is 0 Å². The van der Waals surface area contributed by atoms with Crippen LogP contribution in [0.3, 0.4) is 0 Å². The second-order valence-electron chi connectivity index (χ2n) is 7.00. The van der Waals surface area contributed by atoms with E-state index in [9.17, 15) is 0 Å². The number of nitrogens with one attached hydrogen (secondary N) is 1. The van der Waals surface area contributed by atoms with Gasteiger partial charge in [0.05, 0.1) is 0 Å². The molecule has 0 aliphatic carbocycles. The largest absolute Gasteiger partial charge is 0.350 e. The van der Waals surface area contributed by atoms with Crippen molar-refractivity contribution in [2.75, 3.05) is 5.32 Å². The second-order valence-corrected chi connectivity index (χ2v) is 7.00. The molecule has 0 radical (unpaired) electrons. The molecule has 28 heavy (non-hydrogen) atoms. The molecule has 0 fully saturated rings. The van der Waals surface area contributed by atoms with Crippen LogP contribution in [0.4, 0.5) is 5.95 Å². The van der Waals surface area contributed by atoms with Gasteiger partial charge in [-0.05, 0) is 30.0 Å². The highest BCUT2D eigenvalue weighted by Gasteiger charge is 2.11. The van der Waals surface area contributed by atoms with Crippen LogP contribution in [0.15, 0.2) is 54.9 Å². The summed E-state index contributed by atoms with van der Waals surface area (Å²) in [5, 5.41) is 12.0. The average molecular weight is 376 g/mol. The van der Waals surface area contributed by atoms with E-state index < -0.39 is 0 Å². The lowest BCUT2D eigenvalue weighted by Crippen LogP contribution is -2.05. The van der Waals surface area contributed by atoms with Crippen LogP contribution in [0, 0.1) is 0 Å². The van der Waals surface area contributed by atoms with Crippen LogP contribution in [-0.2, 0) is 13.6 Å². The van der Waals surface area contributed by atoms with Gasteiger partial charge in [-0.3, -0.25) is 9.55 Å². The van der Waals surface area contributed by atoms with E-state index in [2.05, 4.69) is 57.8 Å². The molecule has 0 saturated carbocycles. The minimum Gasteiger partial charge on any atom is -0.350 e. The number of pyridine rings is 1. The van der Waals surface area contributed by atoms with E-state index in [1.807, 2.05) is 42.2 Å². The Balaban J connectivity index is 1.63. The van der Waals surface area contributed by atoms with Crippen LogP contribution in [-0.4, -0.2) is 19.7 Å². The van der Waals surface area contributed by atoms with E-state index in [0.717, 1.165) is 29.3 Å². The third-order valence-corrected chi connectivity index (χ3v) is 4.72. The Kier molecular flexibility index (Phi) is 7.36. The molecule has 0 bridgehead atoms. The van der Waals surface area contributed by atoms with Crippen LogP contribution in [0.2, 0.25) is 0 Å². The van der Waals surface area contributed by atoms with Crippen LogP contribution in [0.5, 0.6) is 0 Å². The Hall–Kier alpha value is -2.95. The molecule has 3 rings (SSSR count). The second kappa shape index (κ2) is 10.4. The highest BCUT2D eigenvalue weighted by atomic mass is 15.3. The van der Waals surface area contributed by atoms with Gasteiger partial charge in [-0.1, -0.05) is 68.7 Å². The van der Waals surface area contributed by atoms with E-state index in [1.54, 1.807) is 0 Å². The summed E-state index contributed by atoms with van der Waals surface area (Å²) >= 11 is 0. The SMILES string of the molecule is CCCCCCC=Cc1cncc(-c2nnc(NCc3ccccc3)n2C)c1.